The normalized spacial score (nSPS) is 17.7. The van der Waals surface area contributed by atoms with Crippen LogP contribution in [-0.4, -0.2) is 80.5 Å². The van der Waals surface area contributed by atoms with Gasteiger partial charge in [-0.25, -0.2) is 14.5 Å². The van der Waals surface area contributed by atoms with E-state index in [9.17, 15) is 36.2 Å². The highest BCUT2D eigenvalue weighted by Gasteiger charge is 2.43. The highest BCUT2D eigenvalue weighted by Crippen LogP contribution is 2.40. The Hall–Kier alpha value is -3.66. The zero-order valence-corrected chi connectivity index (χ0v) is 22.8. The molecule has 2 saturated heterocycles. The van der Waals surface area contributed by atoms with Gasteiger partial charge in [0.2, 0.25) is 0 Å². The molecule has 1 amide bonds. The fourth-order valence-electron chi connectivity index (χ4n) is 5.44. The molecule has 0 atom stereocenters. The van der Waals surface area contributed by atoms with Crippen LogP contribution in [0.3, 0.4) is 0 Å². The predicted octanol–water partition coefficient (Wildman–Crippen LogP) is 3.87. The molecule has 2 fully saturated rings. The molecular formula is C26H29F6N7O3. The smallest absolute Gasteiger partial charge is 0.390 e. The maximum Gasteiger partial charge on any atom is 0.434 e. The number of ether oxygens (including phenoxy) is 1. The van der Waals surface area contributed by atoms with Crippen LogP contribution in [-0.2, 0) is 17.1 Å². The Morgan fingerprint density at radius 2 is 1.67 bits per heavy atom. The number of alkyl halides is 6. The van der Waals surface area contributed by atoms with Gasteiger partial charge in [-0.1, -0.05) is 0 Å². The molecule has 5 rings (SSSR count). The third-order valence-corrected chi connectivity index (χ3v) is 7.67. The number of carbonyl (C=O) groups is 1. The monoisotopic (exact) mass is 601 g/mol. The van der Waals surface area contributed by atoms with Crippen molar-refractivity contribution >= 4 is 23.1 Å². The number of hydrogen-bond acceptors (Lipinski definition) is 8. The second-order valence-corrected chi connectivity index (χ2v) is 10.9. The standard InChI is InChI=1S/C26H29F6N7O3/c1-24(2,41)14-3-5-38(6-4-14)23(40)15-11-18-22(37-7-9-42-10-8-37)35-21(36-39(18)20(15)26(30,31)32)16-13-34-19(33)12-17(16)25(27,28)29/h11-14,41H,3-10H2,1-2H3,(H2,33,34). The van der Waals surface area contributed by atoms with Crippen molar-refractivity contribution in [3.63, 3.8) is 0 Å². The molecule has 42 heavy (non-hydrogen) atoms. The van der Waals surface area contributed by atoms with E-state index in [4.69, 9.17) is 10.5 Å². The number of nitrogen functional groups attached to an aromatic ring is 1. The van der Waals surface area contributed by atoms with E-state index in [1.54, 1.807) is 18.7 Å². The first-order valence-corrected chi connectivity index (χ1v) is 13.2. The number of hydrogen-bond donors (Lipinski definition) is 2. The number of morpholine rings is 1. The maximum absolute atomic E-state index is 14.7. The molecule has 2 aliphatic heterocycles. The molecule has 0 radical (unpaired) electrons. The van der Waals surface area contributed by atoms with Gasteiger partial charge in [-0.05, 0) is 44.7 Å². The summed E-state index contributed by atoms with van der Waals surface area (Å²) in [4.78, 5) is 24.4. The highest BCUT2D eigenvalue weighted by molar-refractivity contribution is 5.98. The number of rotatable bonds is 4. The second-order valence-electron chi connectivity index (χ2n) is 10.9. The minimum atomic E-state index is -5.11. The minimum Gasteiger partial charge on any atom is -0.390 e. The van der Waals surface area contributed by atoms with Crippen molar-refractivity contribution in [1.29, 1.82) is 0 Å². The van der Waals surface area contributed by atoms with E-state index >= 15 is 0 Å². The quantitative estimate of drug-likeness (QED) is 0.433. The lowest BCUT2D eigenvalue weighted by Gasteiger charge is -2.37. The van der Waals surface area contributed by atoms with Crippen molar-refractivity contribution < 1.29 is 41.0 Å². The summed E-state index contributed by atoms with van der Waals surface area (Å²) in [5.74, 6) is -2.25. The largest absolute Gasteiger partial charge is 0.434 e. The van der Waals surface area contributed by atoms with Crippen LogP contribution in [0, 0.1) is 5.92 Å². The van der Waals surface area contributed by atoms with Crippen molar-refractivity contribution in [3.05, 3.63) is 35.2 Å². The molecule has 2 aliphatic rings. The van der Waals surface area contributed by atoms with E-state index in [0.29, 0.717) is 23.4 Å². The van der Waals surface area contributed by atoms with Gasteiger partial charge in [0.05, 0.1) is 35.5 Å². The summed E-state index contributed by atoms with van der Waals surface area (Å²) in [6.45, 7) is 4.32. The van der Waals surface area contributed by atoms with Crippen LogP contribution in [0.1, 0.15) is 48.3 Å². The van der Waals surface area contributed by atoms with Crippen molar-refractivity contribution in [2.75, 3.05) is 50.0 Å². The lowest BCUT2D eigenvalue weighted by atomic mass is 9.83. The van der Waals surface area contributed by atoms with E-state index in [1.165, 1.54) is 4.90 Å². The zero-order valence-electron chi connectivity index (χ0n) is 22.8. The van der Waals surface area contributed by atoms with Crippen LogP contribution >= 0.6 is 0 Å². The molecule has 228 valence electrons. The van der Waals surface area contributed by atoms with Crippen molar-refractivity contribution in [2.24, 2.45) is 5.92 Å². The molecule has 3 aromatic heterocycles. The van der Waals surface area contributed by atoms with Crippen LogP contribution < -0.4 is 10.6 Å². The van der Waals surface area contributed by atoms with Crippen LogP contribution in [0.25, 0.3) is 16.9 Å². The van der Waals surface area contributed by atoms with Crippen molar-refractivity contribution in [1.82, 2.24) is 24.5 Å². The van der Waals surface area contributed by atoms with Crippen LogP contribution in [0.5, 0.6) is 0 Å². The number of nitrogens with zero attached hydrogens (tertiary/aromatic N) is 6. The first-order valence-electron chi connectivity index (χ1n) is 13.2. The first-order chi connectivity index (χ1) is 19.6. The summed E-state index contributed by atoms with van der Waals surface area (Å²) in [6, 6.07) is 1.59. The lowest BCUT2D eigenvalue weighted by molar-refractivity contribution is -0.142. The molecule has 0 saturated carbocycles. The number of fused-ring (bicyclic) bond motifs is 1. The van der Waals surface area contributed by atoms with Crippen LogP contribution in [0.2, 0.25) is 0 Å². The van der Waals surface area contributed by atoms with Gasteiger partial charge in [0.1, 0.15) is 11.3 Å². The zero-order chi connectivity index (χ0) is 30.6. The molecule has 0 spiro atoms. The van der Waals surface area contributed by atoms with E-state index in [0.717, 1.165) is 12.3 Å². The van der Waals surface area contributed by atoms with Gasteiger partial charge in [0.15, 0.2) is 17.3 Å². The van der Waals surface area contributed by atoms with Crippen molar-refractivity contribution in [2.45, 2.75) is 44.6 Å². The summed E-state index contributed by atoms with van der Waals surface area (Å²) in [6.07, 6.45) is -8.51. The summed E-state index contributed by atoms with van der Waals surface area (Å²) in [5.41, 5.74) is 0.205. The number of anilines is 2. The van der Waals surface area contributed by atoms with E-state index in [1.807, 2.05) is 0 Å². The molecule has 0 unspecified atom stereocenters. The number of aliphatic hydroxyl groups is 1. The van der Waals surface area contributed by atoms with Gasteiger partial charge in [-0.3, -0.25) is 4.79 Å². The van der Waals surface area contributed by atoms with Gasteiger partial charge in [-0.15, -0.1) is 5.10 Å². The number of piperidine rings is 1. The van der Waals surface area contributed by atoms with Gasteiger partial charge in [-0.2, -0.15) is 26.3 Å². The number of amides is 1. The van der Waals surface area contributed by atoms with Crippen molar-refractivity contribution in [3.8, 4) is 11.4 Å². The molecule has 0 aromatic carbocycles. The predicted molar refractivity (Wildman–Crippen MR) is 139 cm³/mol. The van der Waals surface area contributed by atoms with Crippen LogP contribution in [0.4, 0.5) is 38.0 Å². The average molecular weight is 602 g/mol. The molecule has 5 heterocycles. The maximum atomic E-state index is 14.7. The van der Waals surface area contributed by atoms with Crippen LogP contribution in [0.15, 0.2) is 18.3 Å². The van der Waals surface area contributed by atoms with Gasteiger partial charge in [0, 0.05) is 32.4 Å². The number of likely N-dealkylation sites (tertiary alicyclic amines) is 1. The number of nitrogens with two attached hydrogens (primary N) is 1. The number of pyridine rings is 1. The van der Waals surface area contributed by atoms with E-state index in [2.05, 4.69) is 15.1 Å². The summed E-state index contributed by atoms with van der Waals surface area (Å²) in [5, 5.41) is 14.2. The molecule has 0 bridgehead atoms. The molecule has 16 heteroatoms. The fraction of sp³-hybridized carbons (Fsp3) is 0.538. The third kappa shape index (κ3) is 5.69. The number of aromatic nitrogens is 4. The lowest BCUT2D eigenvalue weighted by Crippen LogP contribution is -2.44. The summed E-state index contributed by atoms with van der Waals surface area (Å²) < 4.78 is 91.6. The second kappa shape index (κ2) is 10.6. The Balaban J connectivity index is 1.70. The Morgan fingerprint density at radius 1 is 1.02 bits per heavy atom. The SMILES string of the molecule is CC(C)(O)C1CCN(C(=O)c2cc3c(N4CCOCC4)nc(-c4cnc(N)cc4C(F)(F)F)nn3c2C(F)(F)F)CC1. The van der Waals surface area contributed by atoms with Gasteiger partial charge < -0.3 is 25.4 Å². The summed E-state index contributed by atoms with van der Waals surface area (Å²) >= 11 is 0. The first kappa shape index (κ1) is 29.8. The fourth-order valence-corrected chi connectivity index (χ4v) is 5.44. The Labute approximate surface area is 236 Å². The minimum absolute atomic E-state index is 0.0847. The molecule has 3 aromatic rings. The Bertz CT molecular complexity index is 1480. The molecule has 0 aliphatic carbocycles. The van der Waals surface area contributed by atoms with Gasteiger partial charge in [0.25, 0.3) is 5.91 Å². The molecule has 3 N–H and O–H groups in total. The van der Waals surface area contributed by atoms with Gasteiger partial charge >= 0.3 is 12.4 Å². The average Bonchev–Trinajstić information content (AvgIpc) is 3.32. The number of halogens is 6. The summed E-state index contributed by atoms with van der Waals surface area (Å²) in [7, 11) is 0. The highest BCUT2D eigenvalue weighted by atomic mass is 19.4. The topological polar surface area (TPSA) is 122 Å². The Kier molecular flexibility index (Phi) is 7.50. The number of carbonyl (C=O) groups excluding carboxylic acids is 1. The van der Waals surface area contributed by atoms with E-state index in [-0.39, 0.29) is 56.6 Å². The molecular weight excluding hydrogens is 572 g/mol. The third-order valence-electron chi connectivity index (χ3n) is 7.67. The Morgan fingerprint density at radius 3 is 2.24 bits per heavy atom. The molecule has 10 nitrogen and oxygen atoms in total. The van der Waals surface area contributed by atoms with E-state index < -0.39 is 57.9 Å².